The SMILES string of the molecule is O=C(COc1ccc(F)cc1Cl)c1ccc(I)cc1. The predicted molar refractivity (Wildman–Crippen MR) is 80.4 cm³/mol. The molecule has 0 radical (unpaired) electrons. The molecule has 0 aliphatic heterocycles. The van der Waals surface area contributed by atoms with E-state index in [1.165, 1.54) is 12.1 Å². The standard InChI is InChI=1S/C14H9ClFIO2/c15-12-7-10(16)3-6-14(12)19-8-13(18)9-1-4-11(17)5-2-9/h1-7H,8H2. The van der Waals surface area contributed by atoms with E-state index in [0.717, 1.165) is 9.64 Å². The quantitative estimate of drug-likeness (QED) is 0.573. The Labute approximate surface area is 128 Å². The van der Waals surface area contributed by atoms with Gasteiger partial charge in [0.05, 0.1) is 5.02 Å². The molecule has 0 fully saturated rings. The van der Waals surface area contributed by atoms with Crippen LogP contribution in [-0.4, -0.2) is 12.4 Å². The first-order chi connectivity index (χ1) is 9.06. The van der Waals surface area contributed by atoms with Gasteiger partial charge in [0.1, 0.15) is 11.6 Å². The molecular weight excluding hydrogens is 382 g/mol. The van der Waals surface area contributed by atoms with Crippen LogP contribution in [0.1, 0.15) is 10.4 Å². The van der Waals surface area contributed by atoms with Crippen molar-refractivity contribution in [3.63, 3.8) is 0 Å². The summed E-state index contributed by atoms with van der Waals surface area (Å²) >= 11 is 7.96. The summed E-state index contributed by atoms with van der Waals surface area (Å²) < 4.78 is 19.2. The summed E-state index contributed by atoms with van der Waals surface area (Å²) in [6.07, 6.45) is 0. The van der Waals surface area contributed by atoms with Gasteiger partial charge in [0.2, 0.25) is 0 Å². The highest BCUT2D eigenvalue weighted by atomic mass is 127. The van der Waals surface area contributed by atoms with Crippen molar-refractivity contribution in [1.82, 2.24) is 0 Å². The van der Waals surface area contributed by atoms with Crippen LogP contribution < -0.4 is 4.74 Å². The summed E-state index contributed by atoms with van der Waals surface area (Å²) in [6.45, 7) is -0.133. The van der Waals surface area contributed by atoms with Crippen molar-refractivity contribution in [3.8, 4) is 5.75 Å². The minimum absolute atomic E-state index is 0.133. The molecule has 0 aliphatic carbocycles. The molecule has 0 heterocycles. The molecule has 0 bridgehead atoms. The van der Waals surface area contributed by atoms with Crippen molar-refractivity contribution < 1.29 is 13.9 Å². The van der Waals surface area contributed by atoms with E-state index in [2.05, 4.69) is 22.6 Å². The van der Waals surface area contributed by atoms with Crippen molar-refractivity contribution >= 4 is 40.0 Å². The molecule has 0 aliphatic rings. The zero-order chi connectivity index (χ0) is 13.8. The number of hydrogen-bond acceptors (Lipinski definition) is 2. The summed E-state index contributed by atoms with van der Waals surface area (Å²) in [6, 6.07) is 10.9. The molecule has 0 spiro atoms. The zero-order valence-corrected chi connectivity index (χ0v) is 12.6. The molecule has 2 aromatic rings. The van der Waals surface area contributed by atoms with Crippen molar-refractivity contribution in [2.24, 2.45) is 0 Å². The lowest BCUT2D eigenvalue weighted by molar-refractivity contribution is 0.0921. The van der Waals surface area contributed by atoms with Gasteiger partial charge in [0, 0.05) is 9.13 Å². The van der Waals surface area contributed by atoms with Gasteiger partial charge < -0.3 is 4.74 Å². The normalized spacial score (nSPS) is 10.3. The molecule has 0 atom stereocenters. The molecule has 0 saturated heterocycles. The molecule has 2 aromatic carbocycles. The van der Waals surface area contributed by atoms with Crippen LogP contribution in [0.15, 0.2) is 42.5 Å². The van der Waals surface area contributed by atoms with E-state index in [9.17, 15) is 9.18 Å². The van der Waals surface area contributed by atoms with Crippen molar-refractivity contribution in [1.29, 1.82) is 0 Å². The van der Waals surface area contributed by atoms with Gasteiger partial charge in [-0.2, -0.15) is 0 Å². The minimum atomic E-state index is -0.443. The third-order valence-electron chi connectivity index (χ3n) is 2.42. The number of ether oxygens (including phenoxy) is 1. The Kier molecular flexibility index (Phi) is 4.76. The number of carbonyl (C=O) groups excluding carboxylic acids is 1. The molecule has 98 valence electrons. The lowest BCUT2D eigenvalue weighted by atomic mass is 10.1. The summed E-state index contributed by atoms with van der Waals surface area (Å²) in [5.41, 5.74) is 0.568. The Hall–Kier alpha value is -1.14. The maximum atomic E-state index is 12.8. The van der Waals surface area contributed by atoms with Crippen molar-refractivity contribution in [3.05, 3.63) is 62.4 Å². The highest BCUT2D eigenvalue weighted by molar-refractivity contribution is 14.1. The van der Waals surface area contributed by atoms with Crippen molar-refractivity contribution in [2.45, 2.75) is 0 Å². The minimum Gasteiger partial charge on any atom is -0.484 e. The molecule has 0 amide bonds. The van der Waals surface area contributed by atoms with Gasteiger partial charge in [-0.3, -0.25) is 4.79 Å². The van der Waals surface area contributed by atoms with Gasteiger partial charge in [-0.1, -0.05) is 23.7 Å². The van der Waals surface area contributed by atoms with E-state index in [1.807, 2.05) is 12.1 Å². The molecule has 2 nitrogen and oxygen atoms in total. The average molecular weight is 391 g/mol. The van der Waals surface area contributed by atoms with Crippen LogP contribution in [0.5, 0.6) is 5.75 Å². The lowest BCUT2D eigenvalue weighted by Gasteiger charge is -2.07. The van der Waals surface area contributed by atoms with Gasteiger partial charge in [-0.25, -0.2) is 4.39 Å². The Morgan fingerprint density at radius 1 is 1.21 bits per heavy atom. The molecule has 0 saturated carbocycles. The second-order valence-electron chi connectivity index (χ2n) is 3.79. The van der Waals surface area contributed by atoms with E-state index in [-0.39, 0.29) is 17.4 Å². The fourth-order valence-corrected chi connectivity index (χ4v) is 2.04. The second-order valence-corrected chi connectivity index (χ2v) is 5.45. The number of Topliss-reactive ketones (excluding diaryl/α,β-unsaturated/α-hetero) is 1. The number of halogens is 3. The van der Waals surface area contributed by atoms with Crippen LogP contribution in [0.2, 0.25) is 5.02 Å². The monoisotopic (exact) mass is 390 g/mol. The van der Waals surface area contributed by atoms with Gasteiger partial charge >= 0.3 is 0 Å². The number of hydrogen-bond donors (Lipinski definition) is 0. The van der Waals surface area contributed by atoms with E-state index >= 15 is 0 Å². The average Bonchev–Trinajstić information content (AvgIpc) is 2.38. The molecule has 0 N–H and O–H groups in total. The number of rotatable bonds is 4. The third kappa shape index (κ3) is 3.91. The van der Waals surface area contributed by atoms with Gasteiger partial charge in [0.25, 0.3) is 0 Å². The van der Waals surface area contributed by atoms with Crippen LogP contribution in [0.4, 0.5) is 4.39 Å². The van der Waals surface area contributed by atoms with Crippen LogP contribution in [0, 0.1) is 9.39 Å². The third-order valence-corrected chi connectivity index (χ3v) is 3.43. The van der Waals surface area contributed by atoms with E-state index in [1.54, 1.807) is 12.1 Å². The summed E-state index contributed by atoms with van der Waals surface area (Å²) in [4.78, 5) is 11.9. The van der Waals surface area contributed by atoms with E-state index in [4.69, 9.17) is 16.3 Å². The first kappa shape index (κ1) is 14.3. The zero-order valence-electron chi connectivity index (χ0n) is 9.70. The Bertz CT molecular complexity index is 599. The smallest absolute Gasteiger partial charge is 0.200 e. The predicted octanol–water partition coefficient (Wildman–Crippen LogP) is 4.35. The Morgan fingerprint density at radius 3 is 2.53 bits per heavy atom. The summed E-state index contributed by atoms with van der Waals surface area (Å²) in [5.74, 6) is -0.306. The van der Waals surface area contributed by atoms with Gasteiger partial charge in [-0.15, -0.1) is 0 Å². The van der Waals surface area contributed by atoms with Crippen LogP contribution in [0.3, 0.4) is 0 Å². The fraction of sp³-hybridized carbons (Fsp3) is 0.0714. The first-order valence-corrected chi connectivity index (χ1v) is 6.88. The lowest BCUT2D eigenvalue weighted by Crippen LogP contribution is -2.11. The molecular formula is C14H9ClFIO2. The molecule has 5 heteroatoms. The van der Waals surface area contributed by atoms with Crippen LogP contribution in [-0.2, 0) is 0 Å². The van der Waals surface area contributed by atoms with Crippen molar-refractivity contribution in [2.75, 3.05) is 6.61 Å². The number of ketones is 1. The molecule has 19 heavy (non-hydrogen) atoms. The first-order valence-electron chi connectivity index (χ1n) is 5.43. The maximum absolute atomic E-state index is 12.8. The Morgan fingerprint density at radius 2 is 1.89 bits per heavy atom. The summed E-state index contributed by atoms with van der Waals surface area (Å²) in [5, 5.41) is 0.149. The topological polar surface area (TPSA) is 26.3 Å². The van der Waals surface area contributed by atoms with Crippen LogP contribution in [0.25, 0.3) is 0 Å². The highest BCUT2D eigenvalue weighted by Gasteiger charge is 2.09. The highest BCUT2D eigenvalue weighted by Crippen LogP contribution is 2.24. The number of carbonyl (C=O) groups is 1. The van der Waals surface area contributed by atoms with Crippen LogP contribution >= 0.6 is 34.2 Å². The fourth-order valence-electron chi connectivity index (χ4n) is 1.45. The molecule has 0 unspecified atom stereocenters. The maximum Gasteiger partial charge on any atom is 0.200 e. The van der Waals surface area contributed by atoms with E-state index < -0.39 is 5.82 Å². The molecule has 2 rings (SSSR count). The van der Waals surface area contributed by atoms with Gasteiger partial charge in [-0.05, 0) is 52.9 Å². The van der Waals surface area contributed by atoms with Gasteiger partial charge in [0.15, 0.2) is 12.4 Å². The second kappa shape index (κ2) is 6.34. The summed E-state index contributed by atoms with van der Waals surface area (Å²) in [7, 11) is 0. The van der Waals surface area contributed by atoms with E-state index in [0.29, 0.717) is 11.3 Å². The largest absolute Gasteiger partial charge is 0.484 e. The number of benzene rings is 2. The molecule has 0 aromatic heterocycles. The Balaban J connectivity index is 2.02.